The van der Waals surface area contributed by atoms with Crippen LogP contribution in [-0.2, 0) is 10.0 Å². The predicted molar refractivity (Wildman–Crippen MR) is 137 cm³/mol. The number of nitrogens with zero attached hydrogens (tertiary/aromatic N) is 1. The molecule has 0 unspecified atom stereocenters. The Bertz CT molecular complexity index is 1090. The molecule has 1 amide bonds. The lowest BCUT2D eigenvalue weighted by molar-refractivity contribution is 0.0943. The molecule has 0 radical (unpaired) electrons. The van der Waals surface area contributed by atoms with Crippen molar-refractivity contribution in [3.8, 4) is 0 Å². The number of hydrogen-bond donors (Lipinski definition) is 3. The molecule has 184 valence electrons. The highest BCUT2D eigenvalue weighted by Gasteiger charge is 2.22. The third-order valence-corrected chi connectivity index (χ3v) is 8.03. The summed E-state index contributed by atoms with van der Waals surface area (Å²) in [5.41, 5.74) is 2.85. The molecule has 0 atom stereocenters. The molecule has 1 aliphatic heterocycles. The molecule has 7 nitrogen and oxygen atoms in total. The van der Waals surface area contributed by atoms with Crippen molar-refractivity contribution in [3.05, 3.63) is 53.6 Å². The maximum absolute atomic E-state index is 13.3. The van der Waals surface area contributed by atoms with Crippen LogP contribution in [-0.4, -0.2) is 46.5 Å². The van der Waals surface area contributed by atoms with Crippen molar-refractivity contribution in [2.24, 2.45) is 0 Å². The lowest BCUT2D eigenvalue weighted by atomic mass is 9.84. The van der Waals surface area contributed by atoms with Crippen LogP contribution >= 0.6 is 0 Å². The first kappa shape index (κ1) is 24.5. The Kier molecular flexibility index (Phi) is 7.78. The second kappa shape index (κ2) is 10.8. The molecule has 4 rings (SSSR count). The number of piperazine rings is 1. The van der Waals surface area contributed by atoms with Crippen molar-refractivity contribution in [2.45, 2.75) is 62.8 Å². The van der Waals surface area contributed by atoms with Crippen LogP contribution in [0.2, 0.25) is 0 Å². The van der Waals surface area contributed by atoms with E-state index in [1.165, 1.54) is 37.7 Å². The average molecular weight is 485 g/mol. The van der Waals surface area contributed by atoms with Crippen LogP contribution in [0.25, 0.3) is 0 Å². The van der Waals surface area contributed by atoms with Crippen LogP contribution in [0.1, 0.15) is 67.8 Å². The lowest BCUT2D eigenvalue weighted by Gasteiger charge is -2.31. The number of carbonyl (C=O) groups excluding carboxylic acids is 1. The molecular weight excluding hydrogens is 448 g/mol. The zero-order chi connectivity index (χ0) is 24.1. The molecule has 3 N–H and O–H groups in total. The Labute approximate surface area is 203 Å². The van der Waals surface area contributed by atoms with Gasteiger partial charge in [0.25, 0.3) is 15.9 Å². The number of nitrogens with one attached hydrogen (secondary N) is 3. The summed E-state index contributed by atoms with van der Waals surface area (Å²) < 4.78 is 29.5. The summed E-state index contributed by atoms with van der Waals surface area (Å²) in [7, 11) is -3.81. The molecule has 0 aromatic heterocycles. The summed E-state index contributed by atoms with van der Waals surface area (Å²) in [5, 5.41) is 6.19. The van der Waals surface area contributed by atoms with Crippen molar-refractivity contribution >= 4 is 27.3 Å². The molecule has 2 aromatic rings. The van der Waals surface area contributed by atoms with Crippen molar-refractivity contribution in [2.75, 3.05) is 35.8 Å². The molecule has 1 saturated heterocycles. The van der Waals surface area contributed by atoms with Gasteiger partial charge in [0.1, 0.15) is 0 Å². The monoisotopic (exact) mass is 484 g/mol. The minimum Gasteiger partial charge on any atom is -0.367 e. The van der Waals surface area contributed by atoms with Gasteiger partial charge in [-0.25, -0.2) is 8.42 Å². The third kappa shape index (κ3) is 5.91. The van der Waals surface area contributed by atoms with Crippen molar-refractivity contribution < 1.29 is 13.2 Å². The topological polar surface area (TPSA) is 90.5 Å². The summed E-state index contributed by atoms with van der Waals surface area (Å²) in [5.74, 6) is 0.299. The Morgan fingerprint density at radius 3 is 2.32 bits per heavy atom. The van der Waals surface area contributed by atoms with Gasteiger partial charge in [0, 0.05) is 37.8 Å². The van der Waals surface area contributed by atoms with E-state index in [4.69, 9.17) is 0 Å². The standard InChI is InChI=1S/C26H36N4O3S/c1-19(2)28-26(31)22-10-13-25(30-16-14-27-15-17-30)24(18-22)29-34(32,33)23-11-8-21(9-12-23)20-6-4-3-5-7-20/h8-13,18-20,27,29H,3-7,14-17H2,1-2H3,(H,28,31). The fraction of sp³-hybridized carbons (Fsp3) is 0.500. The van der Waals surface area contributed by atoms with E-state index in [0.29, 0.717) is 17.2 Å². The van der Waals surface area contributed by atoms with Gasteiger partial charge >= 0.3 is 0 Å². The fourth-order valence-corrected chi connectivity index (χ4v) is 5.91. The van der Waals surface area contributed by atoms with Gasteiger partial charge in [-0.3, -0.25) is 9.52 Å². The van der Waals surface area contributed by atoms with E-state index in [1.54, 1.807) is 24.3 Å². The van der Waals surface area contributed by atoms with E-state index in [-0.39, 0.29) is 16.8 Å². The molecule has 8 heteroatoms. The Hall–Kier alpha value is -2.58. The summed E-state index contributed by atoms with van der Waals surface area (Å²) in [6, 6.07) is 12.5. The predicted octanol–water partition coefficient (Wildman–Crippen LogP) is 4.08. The van der Waals surface area contributed by atoms with E-state index in [9.17, 15) is 13.2 Å². The summed E-state index contributed by atoms with van der Waals surface area (Å²) >= 11 is 0. The minimum atomic E-state index is -3.81. The highest BCUT2D eigenvalue weighted by Crippen LogP contribution is 2.34. The number of carbonyl (C=O) groups is 1. The zero-order valence-electron chi connectivity index (χ0n) is 20.1. The van der Waals surface area contributed by atoms with Crippen molar-refractivity contribution in [1.29, 1.82) is 0 Å². The first-order chi connectivity index (χ1) is 16.3. The van der Waals surface area contributed by atoms with Crippen LogP contribution in [0.4, 0.5) is 11.4 Å². The molecule has 2 fully saturated rings. The molecule has 2 aromatic carbocycles. The molecule has 34 heavy (non-hydrogen) atoms. The molecule has 2 aliphatic rings. The number of hydrogen-bond acceptors (Lipinski definition) is 5. The molecule has 1 saturated carbocycles. The quantitative estimate of drug-likeness (QED) is 0.551. The second-order valence-electron chi connectivity index (χ2n) is 9.61. The van der Waals surface area contributed by atoms with E-state index in [0.717, 1.165) is 31.9 Å². The highest BCUT2D eigenvalue weighted by molar-refractivity contribution is 7.92. The molecule has 0 bridgehead atoms. The van der Waals surface area contributed by atoms with Crippen molar-refractivity contribution in [3.63, 3.8) is 0 Å². The van der Waals surface area contributed by atoms with Gasteiger partial charge in [0.05, 0.1) is 16.3 Å². The van der Waals surface area contributed by atoms with Crippen molar-refractivity contribution in [1.82, 2.24) is 10.6 Å². The Morgan fingerprint density at radius 1 is 1.00 bits per heavy atom. The van der Waals surface area contributed by atoms with E-state index in [2.05, 4.69) is 20.3 Å². The summed E-state index contributed by atoms with van der Waals surface area (Å²) in [4.78, 5) is 15.0. The van der Waals surface area contributed by atoms with Gasteiger partial charge in [-0.15, -0.1) is 0 Å². The van der Waals surface area contributed by atoms with E-state index in [1.807, 2.05) is 32.0 Å². The van der Waals surface area contributed by atoms with Gasteiger partial charge in [-0.2, -0.15) is 0 Å². The number of sulfonamides is 1. The number of anilines is 2. The third-order valence-electron chi connectivity index (χ3n) is 6.65. The van der Waals surface area contributed by atoms with Gasteiger partial charge < -0.3 is 15.5 Å². The number of benzene rings is 2. The number of amides is 1. The van der Waals surface area contributed by atoms with Gasteiger partial charge in [-0.1, -0.05) is 31.4 Å². The smallest absolute Gasteiger partial charge is 0.261 e. The largest absolute Gasteiger partial charge is 0.367 e. The van der Waals surface area contributed by atoms with Crippen LogP contribution in [0, 0.1) is 0 Å². The van der Waals surface area contributed by atoms with E-state index >= 15 is 0 Å². The van der Waals surface area contributed by atoms with Crippen LogP contribution < -0.4 is 20.3 Å². The zero-order valence-corrected chi connectivity index (χ0v) is 21.0. The molecule has 0 spiro atoms. The molecular formula is C26H36N4O3S. The maximum atomic E-state index is 13.3. The molecule has 1 heterocycles. The van der Waals surface area contributed by atoms with Gasteiger partial charge in [0.15, 0.2) is 0 Å². The van der Waals surface area contributed by atoms with Gasteiger partial charge in [-0.05, 0) is 68.5 Å². The Morgan fingerprint density at radius 2 is 1.68 bits per heavy atom. The van der Waals surface area contributed by atoms with Crippen LogP contribution in [0.5, 0.6) is 0 Å². The van der Waals surface area contributed by atoms with Crippen LogP contribution in [0.15, 0.2) is 47.4 Å². The average Bonchev–Trinajstić information content (AvgIpc) is 2.84. The van der Waals surface area contributed by atoms with Crippen LogP contribution in [0.3, 0.4) is 0 Å². The van der Waals surface area contributed by atoms with E-state index < -0.39 is 10.0 Å². The summed E-state index contributed by atoms with van der Waals surface area (Å²) in [6.45, 7) is 6.97. The maximum Gasteiger partial charge on any atom is 0.261 e. The normalized spacial score (nSPS) is 17.6. The van der Waals surface area contributed by atoms with Gasteiger partial charge in [0.2, 0.25) is 0 Å². The Balaban J connectivity index is 1.61. The highest BCUT2D eigenvalue weighted by atomic mass is 32.2. The minimum absolute atomic E-state index is 0.0110. The fourth-order valence-electron chi connectivity index (χ4n) is 4.84. The lowest BCUT2D eigenvalue weighted by Crippen LogP contribution is -2.43. The molecule has 1 aliphatic carbocycles. The first-order valence-electron chi connectivity index (χ1n) is 12.4. The SMILES string of the molecule is CC(C)NC(=O)c1ccc(N2CCNCC2)c(NS(=O)(=O)c2ccc(C3CCCCC3)cc2)c1. The second-order valence-corrected chi connectivity index (χ2v) is 11.3. The summed E-state index contributed by atoms with van der Waals surface area (Å²) in [6.07, 6.45) is 6.10. The first-order valence-corrected chi connectivity index (χ1v) is 13.8. The number of rotatable bonds is 7.